The first-order valence-electron chi connectivity index (χ1n) is 36.5. The first kappa shape index (κ1) is 73.7. The van der Waals surface area contributed by atoms with E-state index in [1.807, 2.05) is 48.5 Å². The Hall–Kier alpha value is -9.48. The molecule has 6 aromatic carbocycles. The summed E-state index contributed by atoms with van der Waals surface area (Å²) in [7, 11) is 0. The van der Waals surface area contributed by atoms with Crippen molar-refractivity contribution in [1.82, 2.24) is 19.6 Å². The summed E-state index contributed by atoms with van der Waals surface area (Å²) in [5.41, 5.74) is 7.74. The standard InChI is InChI=1S/C80H98N10O12/c1-9-83(10-2)57-25-29-65-69(53-57)101-70-54-58(84(11-3)12-4)26-30-66(70)79(65)63-23-19-17-21-61(63)77(95)89(79)39-37-81-73(91)33-35-75(93)87-41-45-97-49-51-99-47-43-88(44-48-100-52-50-98-46-42-87)76(94)36-34-74(92)82-38-40-90-78(96)62-22-18-20-24-64(62)80(90)67-31-27-59(85(13-5)14-6)55-71(67)102-72-56-60(28-32-68(72)80)86(15-7)16-8/h17-32,37-38,53-56H,9-16,33-36,39-52H2,1-8H3. The third-order valence-electron chi connectivity index (χ3n) is 20.3. The minimum atomic E-state index is -1.11. The first-order chi connectivity index (χ1) is 49.7. The van der Waals surface area contributed by atoms with Gasteiger partial charge in [-0.3, -0.25) is 28.8 Å². The van der Waals surface area contributed by atoms with Crippen molar-refractivity contribution < 1.29 is 57.2 Å². The summed E-state index contributed by atoms with van der Waals surface area (Å²) in [5.74, 6) is 0.628. The maximum atomic E-state index is 14.8. The van der Waals surface area contributed by atoms with E-state index in [-0.39, 0.29) is 141 Å². The van der Waals surface area contributed by atoms with Crippen LogP contribution in [0.5, 0.6) is 23.0 Å². The van der Waals surface area contributed by atoms with Crippen molar-refractivity contribution in [2.45, 2.75) is 92.2 Å². The molecule has 2 spiro atoms. The van der Waals surface area contributed by atoms with Crippen LogP contribution in [0, 0.1) is 0 Å². The predicted molar refractivity (Wildman–Crippen MR) is 397 cm³/mol. The molecule has 0 N–H and O–H groups in total. The minimum absolute atomic E-state index is 0.00308. The second-order valence-electron chi connectivity index (χ2n) is 25.6. The second-order valence-corrected chi connectivity index (χ2v) is 25.6. The van der Waals surface area contributed by atoms with Crippen molar-refractivity contribution >= 4 is 70.6 Å². The van der Waals surface area contributed by atoms with Crippen LogP contribution in [0.3, 0.4) is 0 Å². The van der Waals surface area contributed by atoms with Gasteiger partial charge in [0, 0.05) is 197 Å². The summed E-state index contributed by atoms with van der Waals surface area (Å²) in [6.07, 6.45) is 2.44. The average Bonchev–Trinajstić information content (AvgIpc) is 1.48. The van der Waals surface area contributed by atoms with Crippen molar-refractivity contribution in [3.63, 3.8) is 0 Å². The van der Waals surface area contributed by atoms with E-state index in [9.17, 15) is 28.8 Å². The zero-order chi connectivity index (χ0) is 71.9. The fraction of sp³-hybridized carbons (Fsp3) is 0.450. The van der Waals surface area contributed by atoms with E-state index in [1.54, 1.807) is 19.6 Å². The summed E-state index contributed by atoms with van der Waals surface area (Å²) in [6, 6.07) is 40.1. The van der Waals surface area contributed by atoms with Crippen LogP contribution in [0.25, 0.3) is 0 Å². The lowest BCUT2D eigenvalue weighted by Gasteiger charge is -2.44. The van der Waals surface area contributed by atoms with Gasteiger partial charge in [0.05, 0.1) is 65.9 Å². The number of nitrogens with zero attached hydrogens (tertiary/aromatic N) is 10. The lowest BCUT2D eigenvalue weighted by atomic mass is 9.74. The number of ether oxygens (including phenoxy) is 6. The number of anilines is 4. The number of fused-ring (bicyclic) bond motifs is 12. The van der Waals surface area contributed by atoms with Gasteiger partial charge in [-0.05, 0) is 103 Å². The molecule has 540 valence electrons. The molecule has 0 aromatic heterocycles. The van der Waals surface area contributed by atoms with Crippen LogP contribution in [0.15, 0.2) is 131 Å². The van der Waals surface area contributed by atoms with Gasteiger partial charge in [0.15, 0.2) is 0 Å². The topological polar surface area (TPSA) is 208 Å². The number of hydrogen-bond donors (Lipinski definition) is 0. The van der Waals surface area contributed by atoms with E-state index in [1.165, 1.54) is 12.4 Å². The van der Waals surface area contributed by atoms with Crippen molar-refractivity contribution in [2.75, 3.05) is 164 Å². The van der Waals surface area contributed by atoms with Crippen LogP contribution in [0.2, 0.25) is 0 Å². The zero-order valence-corrected chi connectivity index (χ0v) is 60.5. The molecule has 102 heavy (non-hydrogen) atoms. The Morgan fingerprint density at radius 3 is 0.951 bits per heavy atom. The van der Waals surface area contributed by atoms with Gasteiger partial charge in [0.2, 0.25) is 23.6 Å². The Kier molecular flexibility index (Phi) is 24.6. The largest absolute Gasteiger partial charge is 0.456 e. The predicted octanol–water partition coefficient (Wildman–Crippen LogP) is 11.0. The number of amides is 6. The minimum Gasteiger partial charge on any atom is -0.456 e. The lowest BCUT2D eigenvalue weighted by molar-refractivity contribution is -0.135. The summed E-state index contributed by atoms with van der Waals surface area (Å²) in [5, 5.41) is 0. The Morgan fingerprint density at radius 1 is 0.382 bits per heavy atom. The number of carbonyl (C=O) groups is 6. The molecule has 1 fully saturated rings. The zero-order valence-electron chi connectivity index (χ0n) is 60.5. The highest BCUT2D eigenvalue weighted by molar-refractivity contribution is 6.05. The highest BCUT2D eigenvalue weighted by Crippen LogP contribution is 2.60. The van der Waals surface area contributed by atoms with Gasteiger partial charge >= 0.3 is 0 Å². The molecule has 0 bridgehead atoms. The van der Waals surface area contributed by atoms with E-state index >= 15 is 0 Å². The van der Waals surface area contributed by atoms with E-state index in [0.29, 0.717) is 34.1 Å². The summed E-state index contributed by atoms with van der Waals surface area (Å²) in [6.45, 7) is 25.9. The Labute approximate surface area is 599 Å². The SMILES string of the molecule is CCN(CC)c1ccc2c(c1)Oc1cc(N(CC)CC)ccc1C21c2ccccc2C(=O)N1CC=NC(=O)CCC(=O)N1CCOCCOCCN(C(=O)CCC(=O)N=CCN2C(=O)c3ccccc3C23c2ccc(N(CC)CC)cc2Oc2cc(N(CC)CC)ccc23)CCOCCOCC1. The van der Waals surface area contributed by atoms with Gasteiger partial charge in [0.1, 0.15) is 34.1 Å². The molecule has 22 nitrogen and oxygen atoms in total. The molecule has 5 aliphatic heterocycles. The molecule has 11 rings (SSSR count). The molecule has 0 atom stereocenters. The number of hydrogen-bond acceptors (Lipinski definition) is 16. The summed E-state index contributed by atoms with van der Waals surface area (Å²) in [4.78, 5) is 109. The highest BCUT2D eigenvalue weighted by Gasteiger charge is 2.58. The third kappa shape index (κ3) is 14.9. The van der Waals surface area contributed by atoms with Gasteiger partial charge in [-0.25, -0.2) is 9.98 Å². The van der Waals surface area contributed by atoms with Gasteiger partial charge in [-0.1, -0.05) is 60.7 Å². The maximum Gasteiger partial charge on any atom is 0.255 e. The molecule has 0 radical (unpaired) electrons. The van der Waals surface area contributed by atoms with Crippen LogP contribution in [-0.2, 0) is 49.2 Å². The smallest absolute Gasteiger partial charge is 0.255 e. The molecule has 0 saturated carbocycles. The monoisotopic (exact) mass is 1390 g/mol. The van der Waals surface area contributed by atoms with E-state index in [0.717, 1.165) is 108 Å². The molecule has 0 unspecified atom stereocenters. The van der Waals surface area contributed by atoms with E-state index in [4.69, 9.17) is 28.4 Å². The van der Waals surface area contributed by atoms with Crippen LogP contribution in [0.4, 0.5) is 22.7 Å². The molecule has 5 heterocycles. The Balaban J connectivity index is 0.677. The van der Waals surface area contributed by atoms with E-state index in [2.05, 4.69) is 158 Å². The highest BCUT2D eigenvalue weighted by atomic mass is 16.5. The van der Waals surface area contributed by atoms with Crippen molar-refractivity contribution in [1.29, 1.82) is 0 Å². The first-order valence-corrected chi connectivity index (χ1v) is 36.5. The second kappa shape index (κ2) is 34.0. The molecular weight excluding hydrogens is 1290 g/mol. The van der Waals surface area contributed by atoms with Crippen molar-refractivity contribution in [2.24, 2.45) is 9.98 Å². The van der Waals surface area contributed by atoms with Gasteiger partial charge in [-0.15, -0.1) is 0 Å². The summed E-state index contributed by atoms with van der Waals surface area (Å²) >= 11 is 0. The molecule has 5 aliphatic rings. The van der Waals surface area contributed by atoms with E-state index < -0.39 is 22.9 Å². The third-order valence-corrected chi connectivity index (χ3v) is 20.3. The molecule has 22 heteroatoms. The lowest BCUT2D eigenvalue weighted by Crippen LogP contribution is -2.48. The molecule has 0 aliphatic carbocycles. The van der Waals surface area contributed by atoms with Crippen LogP contribution in [-0.4, -0.2) is 212 Å². The van der Waals surface area contributed by atoms with Gasteiger partial charge in [-0.2, -0.15) is 0 Å². The van der Waals surface area contributed by atoms with Crippen LogP contribution >= 0.6 is 0 Å². The summed E-state index contributed by atoms with van der Waals surface area (Å²) < 4.78 is 37.4. The number of rotatable bonds is 22. The Bertz CT molecular complexity index is 3650. The normalized spacial score (nSPS) is 16.5. The quantitative estimate of drug-likeness (QED) is 0.0579. The maximum absolute atomic E-state index is 14.8. The molecule has 6 aromatic rings. The van der Waals surface area contributed by atoms with Crippen molar-refractivity contribution in [3.05, 3.63) is 166 Å². The van der Waals surface area contributed by atoms with Gasteiger partial charge < -0.3 is 67.6 Å². The Morgan fingerprint density at radius 2 is 0.667 bits per heavy atom. The van der Waals surface area contributed by atoms with Crippen LogP contribution < -0.4 is 29.1 Å². The van der Waals surface area contributed by atoms with Crippen LogP contribution in [0.1, 0.15) is 135 Å². The number of aliphatic imine (C=N–C) groups is 2. The number of carbonyl (C=O) groups excluding carboxylic acids is 6. The fourth-order valence-electron chi connectivity index (χ4n) is 15.1. The average molecular weight is 1390 g/mol. The van der Waals surface area contributed by atoms with Crippen molar-refractivity contribution in [3.8, 4) is 23.0 Å². The molecule has 1 saturated heterocycles. The van der Waals surface area contributed by atoms with Gasteiger partial charge in [0.25, 0.3) is 11.8 Å². The number of benzene rings is 6. The molecule has 6 amide bonds. The molecular formula is C80H98N10O12. The fourth-order valence-corrected chi connectivity index (χ4v) is 15.1.